The lowest BCUT2D eigenvalue weighted by molar-refractivity contribution is -0.362. The van der Waals surface area contributed by atoms with Crippen LogP contribution in [-0.4, -0.2) is 130 Å². The highest BCUT2D eigenvalue weighted by molar-refractivity contribution is 5.85. The average molecular weight is 697 g/mol. The maximum Gasteiger partial charge on any atom is 0.331 e. The molecule has 0 aromatic heterocycles. The van der Waals surface area contributed by atoms with E-state index in [4.69, 9.17) is 28.4 Å². The zero-order valence-corrected chi connectivity index (χ0v) is 29.1. The first-order chi connectivity index (χ1) is 23.3. The number of hydrogen-bond acceptors (Lipinski definition) is 13. The summed E-state index contributed by atoms with van der Waals surface area (Å²) in [5, 5.41) is 64.3. The van der Waals surface area contributed by atoms with Crippen LogP contribution < -0.4 is 0 Å². The molecule has 13 nitrogen and oxygen atoms in total. The second-order valence-corrected chi connectivity index (χ2v) is 16.5. The lowest BCUT2D eigenvalue weighted by atomic mass is 9.43. The number of ether oxygens (including phenoxy) is 6. The van der Waals surface area contributed by atoms with Crippen molar-refractivity contribution in [2.75, 3.05) is 20.3 Å². The standard InChI is InChI=1S/C36H56O13/c1-17-30(49-32-28(41)27(40)26(39)24(15-37)48-32)31(44-4)29(42)33(46-17)47-20-7-10-34(2)19(14-20)5-6-23-22(34)8-11-35(3)21(9-12-36(23,35)43)18-13-25(38)45-16-18/h13,17,19-24,26-33,37,39-43H,5-12,14-16H2,1-4H3/t17-,19-,20-,21+,22-,23+,24+,26+,27-,28+,29+,30-,31-,32-,33-,34-,35+,36-/m0/s1. The molecule has 0 aromatic rings. The molecule has 4 aliphatic carbocycles. The van der Waals surface area contributed by atoms with Crippen LogP contribution in [0.2, 0.25) is 0 Å². The van der Waals surface area contributed by atoms with E-state index in [0.29, 0.717) is 18.4 Å². The molecule has 3 aliphatic heterocycles. The molecule has 3 heterocycles. The van der Waals surface area contributed by atoms with Crippen LogP contribution in [0.5, 0.6) is 0 Å². The Labute approximate surface area is 287 Å². The van der Waals surface area contributed by atoms with Crippen molar-refractivity contribution >= 4 is 5.97 Å². The number of hydrogen-bond donors (Lipinski definition) is 6. The van der Waals surface area contributed by atoms with Gasteiger partial charge < -0.3 is 59.1 Å². The third-order valence-electron chi connectivity index (χ3n) is 14.4. The Morgan fingerprint density at radius 1 is 0.857 bits per heavy atom. The fourth-order valence-electron chi connectivity index (χ4n) is 11.6. The quantitative estimate of drug-likeness (QED) is 0.163. The molecule has 0 unspecified atom stereocenters. The first-order valence-electron chi connectivity index (χ1n) is 18.3. The Morgan fingerprint density at radius 3 is 2.31 bits per heavy atom. The van der Waals surface area contributed by atoms with Crippen LogP contribution in [0.25, 0.3) is 0 Å². The van der Waals surface area contributed by atoms with Crippen molar-refractivity contribution in [2.24, 2.45) is 34.5 Å². The molecular formula is C36H56O13. The summed E-state index contributed by atoms with van der Waals surface area (Å²) in [5.74, 6) is 0.909. The van der Waals surface area contributed by atoms with Crippen LogP contribution >= 0.6 is 0 Å². The SMILES string of the molecule is CO[C@H]1[C@@H](O)[C@H](O[C@H]2CC[C@@]3(C)[C@@H](CC[C@@H]4[C@@H]3CC[C@]3(C)[C@@H](C5=CC(=O)OC5)CC[C@]43O)C2)O[C@@H](C)[C@@H]1O[C@@H]1O[C@H](CO)[C@@H](O)[C@H](O)[C@H]1O. The molecule has 7 aliphatic rings. The van der Waals surface area contributed by atoms with Crippen molar-refractivity contribution < 1.29 is 63.9 Å². The summed E-state index contributed by atoms with van der Waals surface area (Å²) in [6.45, 7) is 6.15. The van der Waals surface area contributed by atoms with Crippen LogP contribution in [0.4, 0.5) is 0 Å². The molecule has 0 aromatic carbocycles. The molecule has 2 saturated heterocycles. The van der Waals surface area contributed by atoms with Gasteiger partial charge >= 0.3 is 5.97 Å². The number of aliphatic hydroxyl groups is 6. The number of cyclic esters (lactones) is 1. The van der Waals surface area contributed by atoms with E-state index < -0.39 is 73.6 Å². The highest BCUT2D eigenvalue weighted by Crippen LogP contribution is 2.70. The van der Waals surface area contributed by atoms with Crippen LogP contribution in [-0.2, 0) is 33.2 Å². The fraction of sp³-hybridized carbons (Fsp3) is 0.917. The molecule has 6 N–H and O–H groups in total. The molecule has 18 atom stereocenters. The minimum atomic E-state index is -1.60. The van der Waals surface area contributed by atoms with E-state index in [-0.39, 0.29) is 34.7 Å². The van der Waals surface area contributed by atoms with E-state index >= 15 is 0 Å². The van der Waals surface area contributed by atoms with E-state index in [0.717, 1.165) is 63.4 Å². The summed E-state index contributed by atoms with van der Waals surface area (Å²) in [7, 11) is 1.44. The monoisotopic (exact) mass is 696 g/mol. The smallest absolute Gasteiger partial charge is 0.331 e. The maximum atomic E-state index is 12.5. The molecule has 0 radical (unpaired) electrons. The number of esters is 1. The molecule has 13 heteroatoms. The average Bonchev–Trinajstić information content (AvgIpc) is 3.62. The number of carbonyl (C=O) groups is 1. The molecule has 0 amide bonds. The first kappa shape index (κ1) is 36.1. The molecular weight excluding hydrogens is 640 g/mol. The van der Waals surface area contributed by atoms with Gasteiger partial charge in [0.1, 0.15) is 49.3 Å². The third kappa shape index (κ3) is 5.74. The largest absolute Gasteiger partial charge is 0.458 e. The van der Waals surface area contributed by atoms with Crippen LogP contribution in [0.3, 0.4) is 0 Å². The predicted octanol–water partition coefficient (Wildman–Crippen LogP) is 0.934. The summed E-state index contributed by atoms with van der Waals surface area (Å²) in [4.78, 5) is 11.9. The number of aliphatic hydroxyl groups excluding tert-OH is 5. The molecule has 0 spiro atoms. The molecule has 7 rings (SSSR count). The van der Waals surface area contributed by atoms with Gasteiger partial charge in [-0.2, -0.15) is 0 Å². The van der Waals surface area contributed by atoms with Crippen LogP contribution in [0.1, 0.15) is 78.6 Å². The van der Waals surface area contributed by atoms with Gasteiger partial charge in [0.05, 0.1) is 24.4 Å². The van der Waals surface area contributed by atoms with Crippen molar-refractivity contribution in [3.8, 4) is 0 Å². The highest BCUT2D eigenvalue weighted by Gasteiger charge is 2.68. The van der Waals surface area contributed by atoms with Crippen molar-refractivity contribution in [1.82, 2.24) is 0 Å². The fourth-order valence-corrected chi connectivity index (χ4v) is 11.6. The van der Waals surface area contributed by atoms with Crippen LogP contribution in [0, 0.1) is 34.5 Å². The number of rotatable bonds is 7. The van der Waals surface area contributed by atoms with Gasteiger partial charge in [0.2, 0.25) is 0 Å². The van der Waals surface area contributed by atoms with Gasteiger partial charge in [-0.25, -0.2) is 4.79 Å². The number of fused-ring (bicyclic) bond motifs is 5. The van der Waals surface area contributed by atoms with E-state index in [1.165, 1.54) is 7.11 Å². The summed E-state index contributed by atoms with van der Waals surface area (Å²) >= 11 is 0. The van der Waals surface area contributed by atoms with Crippen molar-refractivity contribution in [3.63, 3.8) is 0 Å². The molecule has 0 bridgehead atoms. The summed E-state index contributed by atoms with van der Waals surface area (Å²) in [6, 6.07) is 0. The third-order valence-corrected chi connectivity index (χ3v) is 14.4. The summed E-state index contributed by atoms with van der Waals surface area (Å²) < 4.78 is 35.1. The van der Waals surface area contributed by atoms with Gasteiger partial charge in [-0.3, -0.25) is 0 Å². The van der Waals surface area contributed by atoms with E-state index in [9.17, 15) is 35.4 Å². The zero-order valence-electron chi connectivity index (χ0n) is 29.1. The Morgan fingerprint density at radius 2 is 1.61 bits per heavy atom. The molecule has 278 valence electrons. The zero-order chi connectivity index (χ0) is 35.0. The molecule has 49 heavy (non-hydrogen) atoms. The second-order valence-electron chi connectivity index (χ2n) is 16.5. The lowest BCUT2D eigenvalue weighted by Crippen LogP contribution is -2.64. The van der Waals surface area contributed by atoms with Crippen molar-refractivity contribution in [1.29, 1.82) is 0 Å². The summed E-state index contributed by atoms with van der Waals surface area (Å²) in [5.41, 5.74) is 0.0599. The van der Waals surface area contributed by atoms with Gasteiger partial charge in [-0.05, 0) is 99.4 Å². The second kappa shape index (κ2) is 13.3. The minimum absolute atomic E-state index is 0.0579. The van der Waals surface area contributed by atoms with Gasteiger partial charge in [0.25, 0.3) is 0 Å². The minimum Gasteiger partial charge on any atom is -0.458 e. The highest BCUT2D eigenvalue weighted by atomic mass is 16.7. The van der Waals surface area contributed by atoms with Crippen LogP contribution in [0.15, 0.2) is 11.6 Å². The number of carbonyl (C=O) groups excluding carboxylic acids is 1. The Kier molecular flexibility index (Phi) is 9.82. The topological polar surface area (TPSA) is 194 Å². The molecule has 6 fully saturated rings. The van der Waals surface area contributed by atoms with Crippen molar-refractivity contribution in [3.05, 3.63) is 11.6 Å². The van der Waals surface area contributed by atoms with Crippen molar-refractivity contribution in [2.45, 2.75) is 152 Å². The first-order valence-corrected chi connectivity index (χ1v) is 18.3. The lowest BCUT2D eigenvalue weighted by Gasteiger charge is -2.64. The normalized spacial score (nSPS) is 54.4. The predicted molar refractivity (Wildman–Crippen MR) is 170 cm³/mol. The number of methoxy groups -OCH3 is 1. The maximum absolute atomic E-state index is 12.5. The van der Waals surface area contributed by atoms with Gasteiger partial charge in [0.15, 0.2) is 12.6 Å². The van der Waals surface area contributed by atoms with Gasteiger partial charge in [0, 0.05) is 18.6 Å². The summed E-state index contributed by atoms with van der Waals surface area (Å²) in [6.07, 6.45) is -2.30. The van der Waals surface area contributed by atoms with Gasteiger partial charge in [-0.15, -0.1) is 0 Å². The molecule has 4 saturated carbocycles. The Bertz CT molecular complexity index is 1260. The van der Waals surface area contributed by atoms with Gasteiger partial charge in [-0.1, -0.05) is 13.8 Å². The van der Waals surface area contributed by atoms with E-state index in [1.807, 2.05) is 0 Å². The van der Waals surface area contributed by atoms with E-state index in [2.05, 4.69) is 13.8 Å². The Hall–Kier alpha value is -1.23. The Balaban J connectivity index is 0.990. The van der Waals surface area contributed by atoms with E-state index in [1.54, 1.807) is 13.0 Å².